The maximum atomic E-state index is 13.1. The Kier molecular flexibility index (Phi) is 5.01. The van der Waals surface area contributed by atoms with Gasteiger partial charge in [0.25, 0.3) is 5.91 Å². The van der Waals surface area contributed by atoms with Crippen molar-refractivity contribution in [1.82, 2.24) is 14.9 Å². The highest BCUT2D eigenvalue weighted by Crippen LogP contribution is 2.24. The van der Waals surface area contributed by atoms with E-state index >= 15 is 0 Å². The van der Waals surface area contributed by atoms with E-state index in [9.17, 15) is 9.90 Å². The molecule has 0 spiro atoms. The lowest BCUT2D eigenvalue weighted by atomic mass is 9.95. The summed E-state index contributed by atoms with van der Waals surface area (Å²) < 4.78 is 0. The number of phenolic OH excluding ortho intramolecular Hbond substituents is 1. The summed E-state index contributed by atoms with van der Waals surface area (Å²) >= 11 is 0. The Morgan fingerprint density at radius 2 is 1.85 bits per heavy atom. The van der Waals surface area contributed by atoms with Crippen molar-refractivity contribution in [3.05, 3.63) is 66.0 Å². The zero-order valence-corrected chi connectivity index (χ0v) is 15.2. The van der Waals surface area contributed by atoms with Gasteiger partial charge in [-0.1, -0.05) is 24.3 Å². The summed E-state index contributed by atoms with van der Waals surface area (Å²) in [6, 6.07) is 15.1. The van der Waals surface area contributed by atoms with E-state index in [2.05, 4.69) is 9.97 Å². The fraction of sp³-hybridized carbons (Fsp3) is 0.318. The molecule has 1 atom stereocenters. The molecule has 0 unspecified atom stereocenters. The summed E-state index contributed by atoms with van der Waals surface area (Å²) in [7, 11) is 0. The lowest BCUT2D eigenvalue weighted by Gasteiger charge is -2.35. The van der Waals surface area contributed by atoms with E-state index < -0.39 is 0 Å². The standard InChI is InChI=1S/C22H23N3O2/c26-18-12-9-16(10-13-18)8-11-17-5-3-4-14-25(17)22(27)21-15-23-19-6-1-2-7-20(19)24-21/h1-2,6-7,9-10,12-13,15,17,26H,3-5,8,11,14H2/t17-/m1/s1. The third-order valence-corrected chi connectivity index (χ3v) is 5.26. The van der Waals surface area contributed by atoms with Gasteiger partial charge in [0, 0.05) is 12.6 Å². The number of fused-ring (bicyclic) bond motifs is 1. The van der Waals surface area contributed by atoms with Gasteiger partial charge in [-0.2, -0.15) is 0 Å². The maximum Gasteiger partial charge on any atom is 0.274 e. The number of para-hydroxylation sites is 2. The first kappa shape index (κ1) is 17.5. The van der Waals surface area contributed by atoms with Crippen molar-refractivity contribution >= 4 is 16.9 Å². The summed E-state index contributed by atoms with van der Waals surface area (Å²) in [5, 5.41) is 9.42. The first-order valence-electron chi connectivity index (χ1n) is 9.51. The van der Waals surface area contributed by atoms with Gasteiger partial charge in [0.2, 0.25) is 0 Å². The van der Waals surface area contributed by atoms with Crippen LogP contribution in [0.1, 0.15) is 41.7 Å². The molecule has 2 aromatic carbocycles. The summed E-state index contributed by atoms with van der Waals surface area (Å²) in [6.45, 7) is 0.771. The number of hydrogen-bond donors (Lipinski definition) is 1. The molecule has 0 aliphatic carbocycles. The van der Waals surface area contributed by atoms with Crippen molar-refractivity contribution < 1.29 is 9.90 Å². The molecule has 1 aliphatic rings. The molecule has 1 N–H and O–H groups in total. The van der Waals surface area contributed by atoms with E-state index in [0.717, 1.165) is 49.7 Å². The second-order valence-corrected chi connectivity index (χ2v) is 7.10. The van der Waals surface area contributed by atoms with Gasteiger partial charge in [0.15, 0.2) is 0 Å². The quantitative estimate of drug-likeness (QED) is 0.764. The normalized spacial score (nSPS) is 17.2. The average molecular weight is 361 g/mol. The second kappa shape index (κ2) is 7.74. The number of aryl methyl sites for hydroxylation is 1. The van der Waals surface area contributed by atoms with Gasteiger partial charge >= 0.3 is 0 Å². The van der Waals surface area contributed by atoms with Crippen LogP contribution in [-0.2, 0) is 6.42 Å². The molecular formula is C22H23N3O2. The fourth-order valence-corrected chi connectivity index (χ4v) is 3.77. The average Bonchev–Trinajstić information content (AvgIpc) is 2.73. The number of likely N-dealkylation sites (tertiary alicyclic amines) is 1. The van der Waals surface area contributed by atoms with Gasteiger partial charge in [-0.25, -0.2) is 4.98 Å². The summed E-state index contributed by atoms with van der Waals surface area (Å²) in [5.41, 5.74) is 3.15. The molecule has 4 rings (SSSR count). The molecule has 1 aromatic heterocycles. The van der Waals surface area contributed by atoms with Crippen LogP contribution in [0.25, 0.3) is 11.0 Å². The van der Waals surface area contributed by atoms with Crippen molar-refractivity contribution in [2.75, 3.05) is 6.54 Å². The lowest BCUT2D eigenvalue weighted by Crippen LogP contribution is -2.44. The number of hydrogen-bond acceptors (Lipinski definition) is 4. The van der Waals surface area contributed by atoms with Gasteiger partial charge in [0.1, 0.15) is 11.4 Å². The molecule has 1 fully saturated rings. The third-order valence-electron chi connectivity index (χ3n) is 5.26. The maximum absolute atomic E-state index is 13.1. The van der Waals surface area contributed by atoms with E-state index in [0.29, 0.717) is 5.69 Å². The predicted molar refractivity (Wildman–Crippen MR) is 105 cm³/mol. The Hall–Kier alpha value is -2.95. The number of nitrogens with zero attached hydrogens (tertiary/aromatic N) is 3. The van der Waals surface area contributed by atoms with E-state index in [-0.39, 0.29) is 17.7 Å². The van der Waals surface area contributed by atoms with Crippen LogP contribution in [0.2, 0.25) is 0 Å². The van der Waals surface area contributed by atoms with Crippen molar-refractivity contribution in [3.63, 3.8) is 0 Å². The molecule has 1 saturated heterocycles. The van der Waals surface area contributed by atoms with Crippen LogP contribution in [0, 0.1) is 0 Å². The number of aromatic hydroxyl groups is 1. The van der Waals surface area contributed by atoms with Crippen LogP contribution in [0.15, 0.2) is 54.7 Å². The summed E-state index contributed by atoms with van der Waals surface area (Å²) in [6.07, 6.45) is 6.59. The molecule has 2 heterocycles. The molecule has 27 heavy (non-hydrogen) atoms. The molecule has 3 aromatic rings. The predicted octanol–water partition coefficient (Wildman–Crippen LogP) is 3.96. The molecule has 138 valence electrons. The van der Waals surface area contributed by atoms with Crippen molar-refractivity contribution in [3.8, 4) is 5.75 Å². The number of aromatic nitrogens is 2. The van der Waals surface area contributed by atoms with Crippen LogP contribution in [0.5, 0.6) is 5.75 Å². The number of carbonyl (C=O) groups excluding carboxylic acids is 1. The minimum absolute atomic E-state index is 0.0244. The lowest BCUT2D eigenvalue weighted by molar-refractivity contribution is 0.0596. The minimum atomic E-state index is -0.0244. The molecule has 5 heteroatoms. The van der Waals surface area contributed by atoms with Gasteiger partial charge in [-0.3, -0.25) is 9.78 Å². The Morgan fingerprint density at radius 1 is 1.07 bits per heavy atom. The molecule has 5 nitrogen and oxygen atoms in total. The van der Waals surface area contributed by atoms with Crippen molar-refractivity contribution in [1.29, 1.82) is 0 Å². The van der Waals surface area contributed by atoms with Crippen molar-refractivity contribution in [2.24, 2.45) is 0 Å². The number of amides is 1. The van der Waals surface area contributed by atoms with Crippen LogP contribution in [-0.4, -0.2) is 38.5 Å². The number of carbonyl (C=O) groups is 1. The zero-order chi connectivity index (χ0) is 18.6. The molecule has 0 saturated carbocycles. The summed E-state index contributed by atoms with van der Waals surface area (Å²) in [4.78, 5) is 24.0. The SMILES string of the molecule is O=C(c1cnc2ccccc2n1)N1CCCC[C@@H]1CCc1ccc(O)cc1. The highest BCUT2D eigenvalue weighted by atomic mass is 16.3. The van der Waals surface area contributed by atoms with Crippen LogP contribution in [0.3, 0.4) is 0 Å². The monoisotopic (exact) mass is 361 g/mol. The molecule has 0 radical (unpaired) electrons. The second-order valence-electron chi connectivity index (χ2n) is 7.10. The first-order valence-corrected chi connectivity index (χ1v) is 9.51. The minimum Gasteiger partial charge on any atom is -0.508 e. The number of rotatable bonds is 4. The van der Waals surface area contributed by atoms with Crippen molar-refractivity contribution in [2.45, 2.75) is 38.1 Å². The number of benzene rings is 2. The van der Waals surface area contributed by atoms with E-state index in [1.54, 1.807) is 18.3 Å². The van der Waals surface area contributed by atoms with Crippen LogP contribution >= 0.6 is 0 Å². The highest BCUT2D eigenvalue weighted by Gasteiger charge is 2.28. The molecular weight excluding hydrogens is 338 g/mol. The number of phenols is 1. The Labute approximate surface area is 158 Å². The summed E-state index contributed by atoms with van der Waals surface area (Å²) in [5.74, 6) is 0.256. The largest absolute Gasteiger partial charge is 0.508 e. The highest BCUT2D eigenvalue weighted by molar-refractivity contribution is 5.94. The van der Waals surface area contributed by atoms with Gasteiger partial charge in [0.05, 0.1) is 17.2 Å². The van der Waals surface area contributed by atoms with Gasteiger partial charge in [-0.05, 0) is 61.9 Å². The van der Waals surface area contributed by atoms with Crippen LogP contribution in [0.4, 0.5) is 0 Å². The van der Waals surface area contributed by atoms with Gasteiger partial charge in [-0.15, -0.1) is 0 Å². The van der Waals surface area contributed by atoms with Crippen LogP contribution < -0.4 is 0 Å². The van der Waals surface area contributed by atoms with E-state index in [4.69, 9.17) is 0 Å². The molecule has 0 bridgehead atoms. The Bertz CT molecular complexity index is 940. The molecule has 1 amide bonds. The fourth-order valence-electron chi connectivity index (χ4n) is 3.77. The van der Waals surface area contributed by atoms with Gasteiger partial charge < -0.3 is 10.0 Å². The Balaban J connectivity index is 1.50. The zero-order valence-electron chi connectivity index (χ0n) is 15.2. The van der Waals surface area contributed by atoms with E-state index in [1.165, 1.54) is 5.56 Å². The Morgan fingerprint density at radius 3 is 2.67 bits per heavy atom. The number of piperidine rings is 1. The third kappa shape index (κ3) is 3.92. The smallest absolute Gasteiger partial charge is 0.274 e. The first-order chi connectivity index (χ1) is 13.2. The molecule has 1 aliphatic heterocycles. The topological polar surface area (TPSA) is 66.3 Å². The van der Waals surface area contributed by atoms with E-state index in [1.807, 2.05) is 41.3 Å².